The van der Waals surface area contributed by atoms with Crippen LogP contribution in [0.4, 0.5) is 5.69 Å². The molecule has 20 heavy (non-hydrogen) atoms. The molecule has 0 aromatic heterocycles. The van der Waals surface area contributed by atoms with Gasteiger partial charge in [-0.2, -0.15) is 0 Å². The first kappa shape index (κ1) is 15.8. The molecule has 0 amide bonds. The van der Waals surface area contributed by atoms with Gasteiger partial charge >= 0.3 is 0 Å². The summed E-state index contributed by atoms with van der Waals surface area (Å²) in [5, 5.41) is 3.67. The SMILES string of the molecule is CCC1(C)CC(Nc2cccc(Br)c2COC)CCO1. The summed E-state index contributed by atoms with van der Waals surface area (Å²) in [4.78, 5) is 0. The zero-order valence-electron chi connectivity index (χ0n) is 12.5. The van der Waals surface area contributed by atoms with Crippen molar-refractivity contribution in [3.63, 3.8) is 0 Å². The minimum atomic E-state index is 0.00332. The highest BCUT2D eigenvalue weighted by atomic mass is 79.9. The molecular formula is C16H24BrNO2. The quantitative estimate of drug-likeness (QED) is 0.863. The van der Waals surface area contributed by atoms with Crippen molar-refractivity contribution in [3.05, 3.63) is 28.2 Å². The van der Waals surface area contributed by atoms with Crippen LogP contribution in [-0.2, 0) is 16.1 Å². The van der Waals surface area contributed by atoms with Crippen LogP contribution in [0.25, 0.3) is 0 Å². The minimum Gasteiger partial charge on any atom is -0.382 e. The van der Waals surface area contributed by atoms with Gasteiger partial charge in [-0.15, -0.1) is 0 Å². The lowest BCUT2D eigenvalue weighted by atomic mass is 9.89. The van der Waals surface area contributed by atoms with Crippen molar-refractivity contribution in [2.75, 3.05) is 19.0 Å². The number of benzene rings is 1. The topological polar surface area (TPSA) is 30.5 Å². The van der Waals surface area contributed by atoms with E-state index >= 15 is 0 Å². The van der Waals surface area contributed by atoms with Crippen molar-refractivity contribution in [1.29, 1.82) is 0 Å². The number of nitrogens with one attached hydrogen (secondary N) is 1. The molecule has 1 N–H and O–H groups in total. The van der Waals surface area contributed by atoms with Crippen LogP contribution in [0.15, 0.2) is 22.7 Å². The predicted molar refractivity (Wildman–Crippen MR) is 86.1 cm³/mol. The molecule has 1 aliphatic rings. The van der Waals surface area contributed by atoms with Crippen LogP contribution in [0.1, 0.15) is 38.7 Å². The molecule has 4 heteroatoms. The average Bonchev–Trinajstić information content (AvgIpc) is 2.43. The summed E-state index contributed by atoms with van der Waals surface area (Å²) in [7, 11) is 1.73. The van der Waals surface area contributed by atoms with Gasteiger partial charge in [-0.25, -0.2) is 0 Å². The van der Waals surface area contributed by atoms with Crippen molar-refractivity contribution in [2.45, 2.75) is 51.4 Å². The Morgan fingerprint density at radius 1 is 1.50 bits per heavy atom. The Kier molecular flexibility index (Phi) is 5.47. The van der Waals surface area contributed by atoms with Crippen LogP contribution >= 0.6 is 15.9 Å². The summed E-state index contributed by atoms with van der Waals surface area (Å²) < 4.78 is 12.3. The fourth-order valence-electron chi connectivity index (χ4n) is 2.70. The van der Waals surface area contributed by atoms with Crippen molar-refractivity contribution >= 4 is 21.6 Å². The van der Waals surface area contributed by atoms with Crippen molar-refractivity contribution < 1.29 is 9.47 Å². The molecule has 0 spiro atoms. The maximum atomic E-state index is 5.91. The van der Waals surface area contributed by atoms with Crippen LogP contribution in [-0.4, -0.2) is 25.4 Å². The second-order valence-electron chi connectivity index (χ2n) is 5.68. The fraction of sp³-hybridized carbons (Fsp3) is 0.625. The Balaban J connectivity index is 2.11. The van der Waals surface area contributed by atoms with Crippen LogP contribution in [0.3, 0.4) is 0 Å². The van der Waals surface area contributed by atoms with Gasteiger partial charge in [0.25, 0.3) is 0 Å². The molecule has 2 atom stereocenters. The highest BCUT2D eigenvalue weighted by Gasteiger charge is 2.31. The number of hydrogen-bond donors (Lipinski definition) is 1. The van der Waals surface area contributed by atoms with E-state index in [1.54, 1.807) is 7.11 Å². The first-order valence-electron chi connectivity index (χ1n) is 7.25. The third-order valence-corrected chi connectivity index (χ3v) is 4.85. The summed E-state index contributed by atoms with van der Waals surface area (Å²) >= 11 is 3.60. The molecule has 1 aromatic rings. The molecule has 3 nitrogen and oxygen atoms in total. The van der Waals surface area contributed by atoms with Gasteiger partial charge in [-0.3, -0.25) is 0 Å². The largest absolute Gasteiger partial charge is 0.382 e. The number of halogens is 1. The fourth-order valence-corrected chi connectivity index (χ4v) is 3.18. The van der Waals surface area contributed by atoms with E-state index in [0.29, 0.717) is 12.6 Å². The van der Waals surface area contributed by atoms with Gasteiger partial charge in [0, 0.05) is 35.5 Å². The van der Waals surface area contributed by atoms with E-state index < -0.39 is 0 Å². The van der Waals surface area contributed by atoms with E-state index in [1.165, 1.54) is 5.56 Å². The van der Waals surface area contributed by atoms with Crippen molar-refractivity contribution in [1.82, 2.24) is 0 Å². The number of ether oxygens (including phenoxy) is 2. The molecule has 112 valence electrons. The van der Waals surface area contributed by atoms with Crippen LogP contribution in [0.5, 0.6) is 0 Å². The predicted octanol–water partition coefficient (Wildman–Crippen LogP) is 4.36. The summed E-state index contributed by atoms with van der Waals surface area (Å²) in [6.07, 6.45) is 3.14. The molecular weight excluding hydrogens is 318 g/mol. The van der Waals surface area contributed by atoms with E-state index in [4.69, 9.17) is 9.47 Å². The van der Waals surface area contributed by atoms with Gasteiger partial charge < -0.3 is 14.8 Å². The van der Waals surface area contributed by atoms with Crippen molar-refractivity contribution in [2.24, 2.45) is 0 Å². The molecule has 1 aromatic carbocycles. The van der Waals surface area contributed by atoms with E-state index in [0.717, 1.165) is 36.0 Å². The lowest BCUT2D eigenvalue weighted by Crippen LogP contribution is -2.42. The lowest BCUT2D eigenvalue weighted by Gasteiger charge is -2.38. The first-order valence-corrected chi connectivity index (χ1v) is 8.04. The highest BCUT2D eigenvalue weighted by molar-refractivity contribution is 9.10. The number of anilines is 1. The molecule has 1 heterocycles. The molecule has 0 radical (unpaired) electrons. The Bertz CT molecular complexity index is 452. The number of rotatable bonds is 5. The zero-order valence-corrected chi connectivity index (χ0v) is 14.1. The number of methoxy groups -OCH3 is 1. The maximum Gasteiger partial charge on any atom is 0.0744 e. The molecule has 0 saturated carbocycles. The second-order valence-corrected chi connectivity index (χ2v) is 6.54. The van der Waals surface area contributed by atoms with Gasteiger partial charge in [-0.05, 0) is 38.3 Å². The lowest BCUT2D eigenvalue weighted by molar-refractivity contribution is -0.0709. The third kappa shape index (κ3) is 3.74. The summed E-state index contributed by atoms with van der Waals surface area (Å²) in [6, 6.07) is 6.69. The van der Waals surface area contributed by atoms with Gasteiger partial charge in [0.05, 0.1) is 12.2 Å². The number of hydrogen-bond acceptors (Lipinski definition) is 3. The Hall–Kier alpha value is -0.580. The van der Waals surface area contributed by atoms with E-state index in [-0.39, 0.29) is 5.60 Å². The molecule has 2 rings (SSSR count). The second kappa shape index (κ2) is 6.92. The standard InChI is InChI=1S/C16H24BrNO2/c1-4-16(2)10-12(8-9-20-16)18-15-7-5-6-14(17)13(15)11-19-3/h5-7,12,18H,4,8-11H2,1-3H3. The smallest absolute Gasteiger partial charge is 0.0744 e. The molecule has 2 unspecified atom stereocenters. The van der Waals surface area contributed by atoms with Gasteiger partial charge in [0.1, 0.15) is 0 Å². The van der Waals surface area contributed by atoms with Gasteiger partial charge in [0.2, 0.25) is 0 Å². The Labute approximate surface area is 130 Å². The highest BCUT2D eigenvalue weighted by Crippen LogP contribution is 2.32. The molecule has 1 aliphatic heterocycles. The molecule has 0 bridgehead atoms. The van der Waals surface area contributed by atoms with E-state index in [9.17, 15) is 0 Å². The van der Waals surface area contributed by atoms with Gasteiger partial charge in [0.15, 0.2) is 0 Å². The maximum absolute atomic E-state index is 5.91. The van der Waals surface area contributed by atoms with Crippen molar-refractivity contribution in [3.8, 4) is 0 Å². The van der Waals surface area contributed by atoms with Crippen LogP contribution < -0.4 is 5.32 Å². The van der Waals surface area contributed by atoms with E-state index in [2.05, 4.69) is 53.3 Å². The molecule has 0 aliphatic carbocycles. The minimum absolute atomic E-state index is 0.00332. The Morgan fingerprint density at radius 3 is 3.00 bits per heavy atom. The molecule has 1 saturated heterocycles. The summed E-state index contributed by atoms with van der Waals surface area (Å²) in [5.74, 6) is 0. The average molecular weight is 342 g/mol. The van der Waals surface area contributed by atoms with Crippen LogP contribution in [0.2, 0.25) is 0 Å². The van der Waals surface area contributed by atoms with E-state index in [1.807, 2.05) is 0 Å². The monoisotopic (exact) mass is 341 g/mol. The molecule has 1 fully saturated rings. The summed E-state index contributed by atoms with van der Waals surface area (Å²) in [5.41, 5.74) is 2.34. The third-order valence-electron chi connectivity index (χ3n) is 4.11. The summed E-state index contributed by atoms with van der Waals surface area (Å²) in [6.45, 7) is 5.84. The first-order chi connectivity index (χ1) is 9.58. The van der Waals surface area contributed by atoms with Gasteiger partial charge in [-0.1, -0.05) is 28.9 Å². The van der Waals surface area contributed by atoms with Crippen LogP contribution in [0, 0.1) is 0 Å². The normalized spacial score (nSPS) is 26.5. The zero-order chi connectivity index (χ0) is 14.6. The Morgan fingerprint density at radius 2 is 2.30 bits per heavy atom.